The van der Waals surface area contributed by atoms with Crippen molar-refractivity contribution in [2.75, 3.05) is 0 Å². The number of benzene rings is 1. The zero-order valence-corrected chi connectivity index (χ0v) is 8.25. The van der Waals surface area contributed by atoms with Crippen LogP contribution in [0.1, 0.15) is 19.4 Å². The number of allylic oxidation sites excluding steroid dienone is 1. The van der Waals surface area contributed by atoms with Crippen molar-refractivity contribution in [3.63, 3.8) is 0 Å². The van der Waals surface area contributed by atoms with E-state index in [0.717, 1.165) is 0 Å². The fourth-order valence-electron chi connectivity index (χ4n) is 0.534. The standard InChI is InChI=1S/C7H8.C5H10/c1-7-5-3-2-4-6-7;1-4-5(2)3/h2-6H,1H3;4-5H,1H2,2-3H3. The summed E-state index contributed by atoms with van der Waals surface area (Å²) in [6, 6.07) is 10.3. The molecule has 66 valence electrons. The first kappa shape index (κ1) is 11.0. The van der Waals surface area contributed by atoms with Gasteiger partial charge >= 0.3 is 0 Å². The molecule has 0 fully saturated rings. The van der Waals surface area contributed by atoms with Crippen LogP contribution in [0.4, 0.5) is 0 Å². The maximum atomic E-state index is 3.56. The summed E-state index contributed by atoms with van der Waals surface area (Å²) in [6.45, 7) is 9.85. The molecule has 0 spiro atoms. The third kappa shape index (κ3) is 7.07. The number of aryl methyl sites for hydroxylation is 1. The molecule has 0 N–H and O–H groups in total. The minimum absolute atomic E-state index is 0.648. The van der Waals surface area contributed by atoms with Crippen LogP contribution in [-0.2, 0) is 0 Å². The molecule has 0 unspecified atom stereocenters. The molecule has 0 atom stereocenters. The van der Waals surface area contributed by atoms with Crippen molar-refractivity contribution >= 4 is 0 Å². The second-order valence-electron chi connectivity index (χ2n) is 3.13. The SMILES string of the molecule is C=CC(C)C.Cc1ccccc1. The maximum Gasteiger partial charge on any atom is -0.0293 e. The van der Waals surface area contributed by atoms with E-state index in [4.69, 9.17) is 0 Å². The second kappa shape index (κ2) is 6.66. The van der Waals surface area contributed by atoms with Gasteiger partial charge in [0.15, 0.2) is 0 Å². The van der Waals surface area contributed by atoms with E-state index < -0.39 is 0 Å². The molecule has 12 heavy (non-hydrogen) atoms. The van der Waals surface area contributed by atoms with Crippen molar-refractivity contribution in [1.82, 2.24) is 0 Å². The monoisotopic (exact) mass is 162 g/mol. The average Bonchev–Trinajstić information content (AvgIpc) is 2.07. The molecule has 0 saturated heterocycles. The van der Waals surface area contributed by atoms with Gasteiger partial charge in [-0.2, -0.15) is 0 Å². The predicted molar refractivity (Wildman–Crippen MR) is 56.2 cm³/mol. The van der Waals surface area contributed by atoms with Gasteiger partial charge in [-0.25, -0.2) is 0 Å². The van der Waals surface area contributed by atoms with E-state index in [-0.39, 0.29) is 0 Å². The maximum absolute atomic E-state index is 3.56. The molecule has 1 aromatic carbocycles. The highest BCUT2D eigenvalue weighted by Crippen LogP contribution is 1.92. The normalized spacial score (nSPS) is 8.67. The first-order valence-electron chi connectivity index (χ1n) is 4.31. The highest BCUT2D eigenvalue weighted by Gasteiger charge is 1.74. The van der Waals surface area contributed by atoms with E-state index in [2.05, 4.69) is 39.5 Å². The molecule has 0 saturated carbocycles. The van der Waals surface area contributed by atoms with E-state index >= 15 is 0 Å². The zero-order chi connectivity index (χ0) is 9.40. The van der Waals surface area contributed by atoms with Crippen LogP contribution in [0, 0.1) is 12.8 Å². The topological polar surface area (TPSA) is 0 Å². The van der Waals surface area contributed by atoms with Crippen LogP contribution in [-0.4, -0.2) is 0 Å². The van der Waals surface area contributed by atoms with Crippen LogP contribution in [0.2, 0.25) is 0 Å². The van der Waals surface area contributed by atoms with Crippen molar-refractivity contribution in [3.05, 3.63) is 48.6 Å². The molecular formula is C12H18. The van der Waals surface area contributed by atoms with E-state index in [9.17, 15) is 0 Å². The van der Waals surface area contributed by atoms with Gasteiger partial charge in [0.2, 0.25) is 0 Å². The van der Waals surface area contributed by atoms with Gasteiger partial charge in [-0.05, 0) is 12.8 Å². The minimum Gasteiger partial charge on any atom is -0.103 e. The van der Waals surface area contributed by atoms with Crippen LogP contribution in [0.5, 0.6) is 0 Å². The third-order valence-electron chi connectivity index (χ3n) is 1.41. The Morgan fingerprint density at radius 3 is 1.75 bits per heavy atom. The Balaban J connectivity index is 0.000000217. The summed E-state index contributed by atoms with van der Waals surface area (Å²) in [5, 5.41) is 0. The molecule has 1 aromatic rings. The lowest BCUT2D eigenvalue weighted by molar-refractivity contribution is 0.835. The van der Waals surface area contributed by atoms with Crippen molar-refractivity contribution in [2.24, 2.45) is 5.92 Å². The summed E-state index contributed by atoms with van der Waals surface area (Å²) < 4.78 is 0. The summed E-state index contributed by atoms with van der Waals surface area (Å²) in [7, 11) is 0. The molecule has 0 aliphatic carbocycles. The van der Waals surface area contributed by atoms with Gasteiger partial charge in [0, 0.05) is 0 Å². The molecule has 0 aliphatic heterocycles. The van der Waals surface area contributed by atoms with Crippen molar-refractivity contribution in [3.8, 4) is 0 Å². The lowest BCUT2D eigenvalue weighted by Crippen LogP contribution is -1.71. The van der Waals surface area contributed by atoms with Gasteiger partial charge in [-0.15, -0.1) is 6.58 Å². The van der Waals surface area contributed by atoms with Crippen LogP contribution >= 0.6 is 0 Å². The smallest absolute Gasteiger partial charge is 0.0293 e. The van der Waals surface area contributed by atoms with Gasteiger partial charge < -0.3 is 0 Å². The molecule has 0 radical (unpaired) electrons. The molecule has 0 bridgehead atoms. The lowest BCUT2D eigenvalue weighted by atomic mass is 10.2. The lowest BCUT2D eigenvalue weighted by Gasteiger charge is -1.84. The molecule has 0 aliphatic rings. The Kier molecular flexibility index (Phi) is 6.08. The number of hydrogen-bond donors (Lipinski definition) is 0. The largest absolute Gasteiger partial charge is 0.103 e. The first-order chi connectivity index (χ1) is 5.66. The van der Waals surface area contributed by atoms with Crippen LogP contribution in [0.15, 0.2) is 43.0 Å². The fourth-order valence-corrected chi connectivity index (χ4v) is 0.534. The molecule has 1 rings (SSSR count). The molecule has 0 aromatic heterocycles. The molecule has 0 amide bonds. The molecule has 0 heterocycles. The summed E-state index contributed by atoms with van der Waals surface area (Å²) >= 11 is 0. The molecule has 0 heteroatoms. The third-order valence-corrected chi connectivity index (χ3v) is 1.41. The van der Waals surface area contributed by atoms with E-state index in [1.54, 1.807) is 0 Å². The predicted octanol–water partition coefficient (Wildman–Crippen LogP) is 3.82. The second-order valence-corrected chi connectivity index (χ2v) is 3.13. The average molecular weight is 162 g/mol. The highest BCUT2D eigenvalue weighted by molar-refractivity contribution is 5.11. The van der Waals surface area contributed by atoms with Crippen LogP contribution < -0.4 is 0 Å². The van der Waals surface area contributed by atoms with E-state index in [1.165, 1.54) is 5.56 Å². The Morgan fingerprint density at radius 1 is 1.17 bits per heavy atom. The van der Waals surface area contributed by atoms with Crippen molar-refractivity contribution < 1.29 is 0 Å². The van der Waals surface area contributed by atoms with Crippen molar-refractivity contribution in [1.29, 1.82) is 0 Å². The van der Waals surface area contributed by atoms with Crippen LogP contribution in [0.3, 0.4) is 0 Å². The first-order valence-corrected chi connectivity index (χ1v) is 4.31. The van der Waals surface area contributed by atoms with E-state index in [0.29, 0.717) is 5.92 Å². The van der Waals surface area contributed by atoms with Gasteiger partial charge in [-0.1, -0.05) is 55.8 Å². The molecular weight excluding hydrogens is 144 g/mol. The summed E-state index contributed by atoms with van der Waals surface area (Å²) in [6.07, 6.45) is 1.92. The van der Waals surface area contributed by atoms with Gasteiger partial charge in [-0.3, -0.25) is 0 Å². The van der Waals surface area contributed by atoms with Gasteiger partial charge in [0.1, 0.15) is 0 Å². The van der Waals surface area contributed by atoms with Gasteiger partial charge in [0.05, 0.1) is 0 Å². The van der Waals surface area contributed by atoms with E-state index in [1.807, 2.05) is 24.3 Å². The number of hydrogen-bond acceptors (Lipinski definition) is 0. The Labute approximate surface area is 75.9 Å². The van der Waals surface area contributed by atoms with Crippen molar-refractivity contribution in [2.45, 2.75) is 20.8 Å². The summed E-state index contributed by atoms with van der Waals surface area (Å²) in [4.78, 5) is 0. The zero-order valence-electron chi connectivity index (χ0n) is 8.25. The Hall–Kier alpha value is -1.04. The Morgan fingerprint density at radius 2 is 1.58 bits per heavy atom. The fraction of sp³-hybridized carbons (Fsp3) is 0.333. The quantitative estimate of drug-likeness (QED) is 0.551. The Bertz CT molecular complexity index is 197. The minimum atomic E-state index is 0.648. The number of rotatable bonds is 1. The molecule has 0 nitrogen and oxygen atoms in total. The summed E-state index contributed by atoms with van der Waals surface area (Å²) in [5.74, 6) is 0.648. The summed E-state index contributed by atoms with van der Waals surface area (Å²) in [5.41, 5.74) is 1.32. The highest BCUT2D eigenvalue weighted by atomic mass is 13.8. The van der Waals surface area contributed by atoms with Crippen LogP contribution in [0.25, 0.3) is 0 Å². The van der Waals surface area contributed by atoms with Gasteiger partial charge in [0.25, 0.3) is 0 Å².